The fraction of sp³-hybridized carbons (Fsp3) is 0.529. The normalized spacial score (nSPS) is 15.2. The first-order valence-corrected chi connectivity index (χ1v) is 7.46. The van der Waals surface area contributed by atoms with Gasteiger partial charge in [-0.25, -0.2) is 4.79 Å². The number of carbonyl (C=O) groups excluding carboxylic acids is 1. The molecule has 0 saturated carbocycles. The molecule has 0 aliphatic heterocycles. The molecule has 0 bridgehead atoms. The summed E-state index contributed by atoms with van der Waals surface area (Å²) in [5.41, 5.74) is -0.537. The van der Waals surface area contributed by atoms with Crippen molar-refractivity contribution in [3.63, 3.8) is 0 Å². The van der Waals surface area contributed by atoms with Crippen LogP contribution in [-0.4, -0.2) is 23.3 Å². The number of nitrogens with zero attached hydrogens (tertiary/aromatic N) is 1. The van der Waals surface area contributed by atoms with Gasteiger partial charge in [0.2, 0.25) is 0 Å². The minimum Gasteiger partial charge on any atom is -0.458 e. The Kier molecular flexibility index (Phi) is 5.57. The van der Waals surface area contributed by atoms with E-state index in [9.17, 15) is 4.79 Å². The summed E-state index contributed by atoms with van der Waals surface area (Å²) in [6, 6.07) is 7.32. The molecule has 0 radical (unpaired) electrons. The van der Waals surface area contributed by atoms with Crippen LogP contribution in [0.3, 0.4) is 0 Å². The second-order valence-corrected chi connectivity index (χ2v) is 7.05. The molecule has 4 heteroatoms. The monoisotopic (exact) mass is 309 g/mol. The first-order chi connectivity index (χ1) is 9.54. The van der Waals surface area contributed by atoms with Gasteiger partial charge < -0.3 is 4.74 Å². The standard InChI is InChI=1S/C17H24ClNO2/c1-12(2)17(6,15(20)21-16(3,4)5)19-11-13-7-9-14(18)10-8-13/h7-12H,1-6H3/t17-/m1/s1. The molecule has 0 aliphatic rings. The van der Waals surface area contributed by atoms with E-state index in [1.807, 2.05) is 46.8 Å². The zero-order chi connectivity index (χ0) is 16.3. The van der Waals surface area contributed by atoms with Gasteiger partial charge in [-0.15, -0.1) is 0 Å². The van der Waals surface area contributed by atoms with Gasteiger partial charge in [-0.05, 0) is 51.3 Å². The number of rotatable bonds is 4. The Morgan fingerprint density at radius 1 is 1.19 bits per heavy atom. The number of carbonyl (C=O) groups is 1. The smallest absolute Gasteiger partial charge is 0.334 e. The molecule has 0 N–H and O–H groups in total. The molecule has 21 heavy (non-hydrogen) atoms. The van der Waals surface area contributed by atoms with Crippen molar-refractivity contribution in [1.82, 2.24) is 0 Å². The Morgan fingerprint density at radius 2 is 1.71 bits per heavy atom. The number of esters is 1. The van der Waals surface area contributed by atoms with Crippen molar-refractivity contribution in [1.29, 1.82) is 0 Å². The average molecular weight is 310 g/mol. The molecular formula is C17H24ClNO2. The third kappa shape index (κ3) is 5.16. The van der Waals surface area contributed by atoms with Crippen LogP contribution in [0.25, 0.3) is 0 Å². The molecule has 0 amide bonds. The van der Waals surface area contributed by atoms with E-state index in [0.29, 0.717) is 5.02 Å². The van der Waals surface area contributed by atoms with Crippen LogP contribution in [0.15, 0.2) is 29.3 Å². The molecule has 1 aromatic rings. The predicted molar refractivity (Wildman–Crippen MR) is 88.1 cm³/mol. The van der Waals surface area contributed by atoms with Crippen molar-refractivity contribution in [3.8, 4) is 0 Å². The number of ether oxygens (including phenoxy) is 1. The second-order valence-electron chi connectivity index (χ2n) is 6.61. The van der Waals surface area contributed by atoms with Crippen LogP contribution >= 0.6 is 11.6 Å². The minimum atomic E-state index is -0.910. The first-order valence-electron chi connectivity index (χ1n) is 7.09. The van der Waals surface area contributed by atoms with Gasteiger partial charge in [0.05, 0.1) is 0 Å². The molecule has 1 aromatic carbocycles. The summed E-state index contributed by atoms with van der Waals surface area (Å²) in [7, 11) is 0. The van der Waals surface area contributed by atoms with E-state index >= 15 is 0 Å². The lowest BCUT2D eigenvalue weighted by Crippen LogP contribution is -2.43. The van der Waals surface area contributed by atoms with E-state index < -0.39 is 11.1 Å². The zero-order valence-corrected chi connectivity index (χ0v) is 14.4. The number of halogens is 1. The maximum absolute atomic E-state index is 12.4. The quantitative estimate of drug-likeness (QED) is 0.606. The third-order valence-electron chi connectivity index (χ3n) is 3.29. The van der Waals surface area contributed by atoms with Gasteiger partial charge in [0, 0.05) is 11.2 Å². The van der Waals surface area contributed by atoms with E-state index in [2.05, 4.69) is 4.99 Å². The highest BCUT2D eigenvalue weighted by Gasteiger charge is 2.39. The molecule has 0 spiro atoms. The summed E-state index contributed by atoms with van der Waals surface area (Å²) >= 11 is 5.86. The highest BCUT2D eigenvalue weighted by molar-refractivity contribution is 6.30. The lowest BCUT2D eigenvalue weighted by atomic mass is 9.89. The van der Waals surface area contributed by atoms with Crippen molar-refractivity contribution >= 4 is 23.8 Å². The van der Waals surface area contributed by atoms with Gasteiger partial charge >= 0.3 is 5.97 Å². The molecule has 1 atom stereocenters. The molecule has 0 heterocycles. The molecule has 116 valence electrons. The van der Waals surface area contributed by atoms with Crippen molar-refractivity contribution in [2.75, 3.05) is 0 Å². The number of aliphatic imine (C=N–C) groups is 1. The minimum absolute atomic E-state index is 0.0240. The molecular weight excluding hydrogens is 286 g/mol. The number of benzene rings is 1. The summed E-state index contributed by atoms with van der Waals surface area (Å²) in [6.45, 7) is 11.3. The molecule has 0 unspecified atom stereocenters. The first kappa shape index (κ1) is 17.7. The van der Waals surface area contributed by atoms with Gasteiger partial charge in [0.15, 0.2) is 5.54 Å². The Bertz CT molecular complexity index is 515. The van der Waals surface area contributed by atoms with Crippen molar-refractivity contribution < 1.29 is 9.53 Å². The number of hydrogen-bond acceptors (Lipinski definition) is 3. The summed E-state index contributed by atoms with van der Waals surface area (Å²) in [6.07, 6.45) is 1.69. The molecule has 1 rings (SSSR count). The van der Waals surface area contributed by atoms with Crippen LogP contribution in [0.2, 0.25) is 5.02 Å². The topological polar surface area (TPSA) is 38.7 Å². The Morgan fingerprint density at radius 3 is 2.14 bits per heavy atom. The Balaban J connectivity index is 3.00. The van der Waals surface area contributed by atoms with Gasteiger partial charge in [-0.3, -0.25) is 4.99 Å². The summed E-state index contributed by atoms with van der Waals surface area (Å²) in [5.74, 6) is -0.286. The van der Waals surface area contributed by atoms with Crippen LogP contribution < -0.4 is 0 Å². The molecule has 3 nitrogen and oxygen atoms in total. The van der Waals surface area contributed by atoms with Crippen molar-refractivity contribution in [2.45, 2.75) is 52.7 Å². The lowest BCUT2D eigenvalue weighted by molar-refractivity contribution is -0.162. The highest BCUT2D eigenvalue weighted by atomic mass is 35.5. The Hall–Kier alpha value is -1.35. The summed E-state index contributed by atoms with van der Waals surface area (Å²) < 4.78 is 5.50. The summed E-state index contributed by atoms with van der Waals surface area (Å²) in [4.78, 5) is 16.9. The van der Waals surface area contributed by atoms with E-state index in [1.165, 1.54) is 0 Å². The average Bonchev–Trinajstić information content (AvgIpc) is 2.35. The second kappa shape index (κ2) is 6.61. The largest absolute Gasteiger partial charge is 0.458 e. The highest BCUT2D eigenvalue weighted by Crippen LogP contribution is 2.26. The van der Waals surface area contributed by atoms with Crippen molar-refractivity contribution in [2.24, 2.45) is 10.9 Å². The molecule has 0 fully saturated rings. The van der Waals surface area contributed by atoms with Crippen LogP contribution in [0.5, 0.6) is 0 Å². The van der Waals surface area contributed by atoms with E-state index in [4.69, 9.17) is 16.3 Å². The summed E-state index contributed by atoms with van der Waals surface area (Å²) in [5, 5.41) is 0.672. The zero-order valence-electron chi connectivity index (χ0n) is 13.6. The number of hydrogen-bond donors (Lipinski definition) is 0. The van der Waals surface area contributed by atoms with Crippen molar-refractivity contribution in [3.05, 3.63) is 34.9 Å². The van der Waals surface area contributed by atoms with Crippen LogP contribution in [0, 0.1) is 5.92 Å². The van der Waals surface area contributed by atoms with Gasteiger partial charge in [-0.1, -0.05) is 37.6 Å². The fourth-order valence-electron chi connectivity index (χ4n) is 1.58. The lowest BCUT2D eigenvalue weighted by Gasteiger charge is -2.31. The van der Waals surface area contributed by atoms with Crippen LogP contribution in [-0.2, 0) is 9.53 Å². The SMILES string of the molecule is CC(C)[C@@](C)(N=Cc1ccc(Cl)cc1)C(=O)OC(C)(C)C. The predicted octanol–water partition coefficient (Wildman–Crippen LogP) is 4.52. The van der Waals surface area contributed by atoms with E-state index in [0.717, 1.165) is 5.56 Å². The van der Waals surface area contributed by atoms with E-state index in [-0.39, 0.29) is 11.9 Å². The third-order valence-corrected chi connectivity index (χ3v) is 3.54. The van der Waals surface area contributed by atoms with E-state index in [1.54, 1.807) is 25.3 Å². The molecule has 0 aromatic heterocycles. The van der Waals surface area contributed by atoms with Gasteiger partial charge in [0.1, 0.15) is 5.60 Å². The Labute approximate surface area is 132 Å². The fourth-order valence-corrected chi connectivity index (χ4v) is 1.70. The van der Waals surface area contributed by atoms with Gasteiger partial charge in [-0.2, -0.15) is 0 Å². The van der Waals surface area contributed by atoms with Crippen LogP contribution in [0.4, 0.5) is 0 Å². The van der Waals surface area contributed by atoms with Gasteiger partial charge in [0.25, 0.3) is 0 Å². The maximum atomic E-state index is 12.4. The maximum Gasteiger partial charge on any atom is 0.334 e. The van der Waals surface area contributed by atoms with Crippen LogP contribution in [0.1, 0.15) is 47.1 Å². The molecule has 0 saturated heterocycles. The molecule has 0 aliphatic carbocycles.